The maximum Gasteiger partial charge on any atom is 0.245 e. The van der Waals surface area contributed by atoms with E-state index in [1.165, 1.54) is 24.3 Å². The number of sulfonamides is 1. The first-order valence-corrected chi connectivity index (χ1v) is 8.99. The van der Waals surface area contributed by atoms with Crippen molar-refractivity contribution in [2.75, 3.05) is 22.4 Å². The maximum absolute atomic E-state index is 13.6. The molecule has 0 atom stereocenters. The molecule has 0 unspecified atom stereocenters. The third-order valence-electron chi connectivity index (χ3n) is 3.11. The van der Waals surface area contributed by atoms with E-state index in [-0.39, 0.29) is 5.69 Å². The lowest BCUT2D eigenvalue weighted by molar-refractivity contribution is -0.114. The molecule has 0 aliphatic carbocycles. The Bertz CT molecular complexity index is 905. The number of hydrogen-bond donors (Lipinski definition) is 1. The molecule has 0 radical (unpaired) electrons. The van der Waals surface area contributed by atoms with Gasteiger partial charge < -0.3 is 5.32 Å². The van der Waals surface area contributed by atoms with Gasteiger partial charge in [0.05, 0.1) is 17.6 Å². The zero-order valence-corrected chi connectivity index (χ0v) is 14.3. The zero-order chi connectivity index (χ0) is 18.8. The summed E-state index contributed by atoms with van der Waals surface area (Å²) in [6, 6.07) is 7.11. The van der Waals surface area contributed by atoms with Gasteiger partial charge in [-0.05, 0) is 36.4 Å². The third kappa shape index (κ3) is 4.64. The van der Waals surface area contributed by atoms with Crippen LogP contribution in [0.15, 0.2) is 36.4 Å². The summed E-state index contributed by atoms with van der Waals surface area (Å²) in [5.41, 5.74) is -0.443. The van der Waals surface area contributed by atoms with E-state index in [1.54, 1.807) is 0 Å². The molecular formula is C15H12ClF3N2O3S. The molecule has 0 aliphatic rings. The van der Waals surface area contributed by atoms with Crippen LogP contribution in [0, 0.1) is 17.5 Å². The van der Waals surface area contributed by atoms with Gasteiger partial charge in [0.25, 0.3) is 0 Å². The summed E-state index contributed by atoms with van der Waals surface area (Å²) < 4.78 is 64.2. The van der Waals surface area contributed by atoms with Crippen molar-refractivity contribution in [1.82, 2.24) is 0 Å². The molecule has 0 bridgehead atoms. The van der Waals surface area contributed by atoms with Gasteiger partial charge in [-0.2, -0.15) is 0 Å². The lowest BCUT2D eigenvalue weighted by Gasteiger charge is -2.22. The van der Waals surface area contributed by atoms with E-state index >= 15 is 0 Å². The van der Waals surface area contributed by atoms with Gasteiger partial charge in [0, 0.05) is 5.02 Å². The van der Waals surface area contributed by atoms with E-state index in [0.717, 1.165) is 16.6 Å². The van der Waals surface area contributed by atoms with Crippen LogP contribution in [-0.4, -0.2) is 27.1 Å². The normalized spacial score (nSPS) is 11.2. The highest BCUT2D eigenvalue weighted by Crippen LogP contribution is 2.22. The molecule has 134 valence electrons. The highest BCUT2D eigenvalue weighted by molar-refractivity contribution is 7.92. The van der Waals surface area contributed by atoms with E-state index in [9.17, 15) is 26.4 Å². The van der Waals surface area contributed by atoms with Crippen LogP contribution in [0.2, 0.25) is 5.02 Å². The van der Waals surface area contributed by atoms with Crippen molar-refractivity contribution in [3.05, 3.63) is 58.9 Å². The topological polar surface area (TPSA) is 66.5 Å². The Labute approximate surface area is 147 Å². The molecule has 2 aromatic rings. The molecule has 1 amide bonds. The minimum Gasteiger partial charge on any atom is -0.322 e. The van der Waals surface area contributed by atoms with E-state index in [2.05, 4.69) is 0 Å². The fourth-order valence-corrected chi connectivity index (χ4v) is 2.93. The summed E-state index contributed by atoms with van der Waals surface area (Å²) in [5.74, 6) is -5.67. The highest BCUT2D eigenvalue weighted by atomic mass is 35.5. The molecular weight excluding hydrogens is 381 g/mol. The minimum atomic E-state index is -3.84. The molecule has 25 heavy (non-hydrogen) atoms. The van der Waals surface area contributed by atoms with Crippen molar-refractivity contribution in [2.45, 2.75) is 0 Å². The van der Waals surface area contributed by atoms with Crippen LogP contribution in [0.1, 0.15) is 0 Å². The number of amides is 1. The molecule has 2 rings (SSSR count). The first-order valence-electron chi connectivity index (χ1n) is 6.76. The van der Waals surface area contributed by atoms with Crippen LogP contribution in [0.5, 0.6) is 0 Å². The van der Waals surface area contributed by atoms with Gasteiger partial charge in [-0.25, -0.2) is 21.6 Å². The van der Waals surface area contributed by atoms with E-state index in [4.69, 9.17) is 11.6 Å². The number of nitrogens with zero attached hydrogens (tertiary/aromatic N) is 1. The molecule has 0 saturated carbocycles. The van der Waals surface area contributed by atoms with Crippen LogP contribution >= 0.6 is 11.6 Å². The Morgan fingerprint density at radius 2 is 1.68 bits per heavy atom. The first kappa shape index (κ1) is 19.1. The first-order chi connectivity index (χ1) is 11.6. The van der Waals surface area contributed by atoms with Crippen LogP contribution in [0.25, 0.3) is 0 Å². The molecule has 0 saturated heterocycles. The smallest absolute Gasteiger partial charge is 0.245 e. The minimum absolute atomic E-state index is 0.160. The van der Waals surface area contributed by atoms with Crippen molar-refractivity contribution >= 4 is 38.9 Å². The maximum atomic E-state index is 13.6. The summed E-state index contributed by atoms with van der Waals surface area (Å²) in [7, 11) is -3.84. The van der Waals surface area contributed by atoms with Crippen LogP contribution < -0.4 is 9.62 Å². The summed E-state index contributed by atoms with van der Waals surface area (Å²) in [5, 5.41) is 2.38. The molecule has 10 heteroatoms. The largest absolute Gasteiger partial charge is 0.322 e. The quantitative estimate of drug-likeness (QED) is 0.795. The van der Waals surface area contributed by atoms with Crippen LogP contribution in [0.4, 0.5) is 24.5 Å². The number of carbonyl (C=O) groups excluding carboxylic acids is 1. The average Bonchev–Trinajstić information content (AvgIpc) is 2.53. The Morgan fingerprint density at radius 3 is 2.24 bits per heavy atom. The second-order valence-electron chi connectivity index (χ2n) is 5.02. The van der Waals surface area contributed by atoms with Crippen molar-refractivity contribution < 1.29 is 26.4 Å². The van der Waals surface area contributed by atoms with E-state index in [0.29, 0.717) is 11.1 Å². The zero-order valence-electron chi connectivity index (χ0n) is 12.8. The van der Waals surface area contributed by atoms with Gasteiger partial charge >= 0.3 is 0 Å². The number of hydrogen-bond acceptors (Lipinski definition) is 3. The fraction of sp³-hybridized carbons (Fsp3) is 0.133. The molecule has 5 nitrogen and oxygen atoms in total. The standard InChI is InChI=1S/C15H12ClF3N2O3S/c1-25(23,24)21(10-4-2-9(16)3-5-10)8-13(22)20-12-7-6-11(17)14(18)15(12)19/h2-7H,8H2,1H3,(H,20,22). The lowest BCUT2D eigenvalue weighted by Crippen LogP contribution is -2.37. The van der Waals surface area contributed by atoms with E-state index < -0.39 is 45.6 Å². The molecule has 2 aromatic carbocycles. The van der Waals surface area contributed by atoms with Crippen LogP contribution in [-0.2, 0) is 14.8 Å². The molecule has 0 aliphatic heterocycles. The second kappa shape index (κ2) is 7.32. The summed E-state index contributed by atoms with van der Waals surface area (Å²) in [4.78, 5) is 12.0. The summed E-state index contributed by atoms with van der Waals surface area (Å²) in [6.07, 6.45) is 0.882. The monoisotopic (exact) mass is 392 g/mol. The van der Waals surface area contributed by atoms with Crippen molar-refractivity contribution in [3.8, 4) is 0 Å². The SMILES string of the molecule is CS(=O)(=O)N(CC(=O)Nc1ccc(F)c(F)c1F)c1ccc(Cl)cc1. The number of nitrogens with one attached hydrogen (secondary N) is 1. The number of halogens is 4. The number of benzene rings is 2. The predicted molar refractivity (Wildman–Crippen MR) is 88.6 cm³/mol. The van der Waals surface area contributed by atoms with Gasteiger partial charge in [-0.15, -0.1) is 0 Å². The van der Waals surface area contributed by atoms with Gasteiger partial charge in [0.1, 0.15) is 6.54 Å². The number of carbonyl (C=O) groups is 1. The van der Waals surface area contributed by atoms with Gasteiger partial charge in [0.2, 0.25) is 15.9 Å². The van der Waals surface area contributed by atoms with Crippen molar-refractivity contribution in [3.63, 3.8) is 0 Å². The van der Waals surface area contributed by atoms with E-state index in [1.807, 2.05) is 5.32 Å². The number of rotatable bonds is 5. The van der Waals surface area contributed by atoms with Crippen LogP contribution in [0.3, 0.4) is 0 Å². The predicted octanol–water partition coefficient (Wildman–Crippen LogP) is 3.16. The van der Waals surface area contributed by atoms with Crippen molar-refractivity contribution in [2.24, 2.45) is 0 Å². The van der Waals surface area contributed by atoms with Gasteiger partial charge in [-0.3, -0.25) is 9.10 Å². The Hall–Kier alpha value is -2.26. The third-order valence-corrected chi connectivity index (χ3v) is 4.50. The summed E-state index contributed by atoms with van der Waals surface area (Å²) >= 11 is 5.73. The lowest BCUT2D eigenvalue weighted by atomic mass is 10.2. The Kier molecular flexibility index (Phi) is 5.58. The highest BCUT2D eigenvalue weighted by Gasteiger charge is 2.22. The molecule has 0 heterocycles. The molecule has 0 spiro atoms. The van der Waals surface area contributed by atoms with Gasteiger partial charge in [-0.1, -0.05) is 11.6 Å². The molecule has 0 aromatic heterocycles. The fourth-order valence-electron chi connectivity index (χ4n) is 1.95. The summed E-state index contributed by atoms with van der Waals surface area (Å²) in [6.45, 7) is -0.696. The number of anilines is 2. The van der Waals surface area contributed by atoms with Crippen molar-refractivity contribution in [1.29, 1.82) is 0 Å². The Morgan fingerprint density at radius 1 is 1.08 bits per heavy atom. The molecule has 0 fully saturated rings. The second-order valence-corrected chi connectivity index (χ2v) is 7.36. The Balaban J connectivity index is 2.24. The molecule has 1 N–H and O–H groups in total. The average molecular weight is 393 g/mol. The van der Waals surface area contributed by atoms with Gasteiger partial charge in [0.15, 0.2) is 17.5 Å².